The molecule has 3 aromatic rings. The summed E-state index contributed by atoms with van der Waals surface area (Å²) in [6.07, 6.45) is 1.52. The van der Waals surface area contributed by atoms with Gasteiger partial charge in [0, 0.05) is 0 Å². The van der Waals surface area contributed by atoms with Gasteiger partial charge in [-0.1, -0.05) is 30.3 Å². The minimum atomic E-state index is -0.176. The number of nitrogens with zero attached hydrogens (tertiary/aromatic N) is 3. The second kappa shape index (κ2) is 5.30. The van der Waals surface area contributed by atoms with Gasteiger partial charge in [-0.25, -0.2) is 4.98 Å². The van der Waals surface area contributed by atoms with E-state index in [1.54, 1.807) is 4.52 Å². The number of hydrogen-bond acceptors (Lipinski definition) is 4. The third-order valence-corrected chi connectivity index (χ3v) is 3.23. The van der Waals surface area contributed by atoms with Crippen LogP contribution in [0.5, 0.6) is 0 Å². The Labute approximate surface area is 116 Å². The topological polar surface area (TPSA) is 62.5 Å². The molecule has 2 N–H and O–H groups in total. The van der Waals surface area contributed by atoms with Crippen molar-refractivity contribution in [3.05, 3.63) is 59.9 Å². The number of benzene rings is 1. The Balaban J connectivity index is 1.97. The summed E-state index contributed by atoms with van der Waals surface area (Å²) < 4.78 is 1.73. The summed E-state index contributed by atoms with van der Waals surface area (Å²) in [5.41, 5.74) is 2.92. The highest BCUT2D eigenvalue weighted by Gasteiger charge is 2.12. The maximum atomic E-state index is 9.62. The average Bonchev–Trinajstić information content (AvgIpc) is 2.93. The summed E-state index contributed by atoms with van der Waals surface area (Å²) in [6, 6.07) is 13.6. The van der Waals surface area contributed by atoms with Crippen LogP contribution in [0.2, 0.25) is 0 Å². The number of fused-ring (bicyclic) bond motifs is 1. The Kier molecular flexibility index (Phi) is 3.35. The number of aliphatic hydroxyl groups is 1. The molecule has 2 aromatic heterocycles. The van der Waals surface area contributed by atoms with Crippen molar-refractivity contribution < 1.29 is 5.11 Å². The Morgan fingerprint density at radius 3 is 2.80 bits per heavy atom. The van der Waals surface area contributed by atoms with E-state index in [0.717, 1.165) is 22.6 Å². The molecule has 0 radical (unpaired) electrons. The lowest BCUT2D eigenvalue weighted by Gasteiger charge is -2.18. The van der Waals surface area contributed by atoms with E-state index >= 15 is 0 Å². The molecule has 0 aliphatic rings. The first kappa shape index (κ1) is 12.6. The Hall–Kier alpha value is -2.40. The molecule has 102 valence electrons. The molecule has 1 aromatic carbocycles. The van der Waals surface area contributed by atoms with Crippen LogP contribution in [0.1, 0.15) is 17.2 Å². The first-order valence-corrected chi connectivity index (χ1v) is 6.50. The minimum Gasteiger partial charge on any atom is -0.394 e. The fourth-order valence-corrected chi connectivity index (χ4v) is 2.26. The zero-order valence-electron chi connectivity index (χ0n) is 11.2. The Morgan fingerprint density at radius 1 is 1.25 bits per heavy atom. The lowest BCUT2D eigenvalue weighted by atomic mass is 10.1. The lowest BCUT2D eigenvalue weighted by molar-refractivity contribution is 0.276. The molecule has 0 saturated carbocycles. The van der Waals surface area contributed by atoms with Gasteiger partial charge in [0.1, 0.15) is 12.1 Å². The van der Waals surface area contributed by atoms with E-state index in [-0.39, 0.29) is 12.6 Å². The number of aliphatic hydroxyl groups excluding tert-OH is 1. The van der Waals surface area contributed by atoms with Crippen LogP contribution < -0.4 is 5.32 Å². The average molecular weight is 268 g/mol. The number of pyridine rings is 1. The first-order chi connectivity index (χ1) is 9.78. The van der Waals surface area contributed by atoms with Crippen molar-refractivity contribution >= 4 is 11.5 Å². The van der Waals surface area contributed by atoms with Gasteiger partial charge in [0.25, 0.3) is 0 Å². The van der Waals surface area contributed by atoms with Crippen LogP contribution in [0.3, 0.4) is 0 Å². The monoisotopic (exact) mass is 268 g/mol. The van der Waals surface area contributed by atoms with Gasteiger partial charge in [-0.2, -0.15) is 9.61 Å². The van der Waals surface area contributed by atoms with Crippen molar-refractivity contribution in [3.8, 4) is 0 Å². The molecule has 1 unspecified atom stereocenters. The van der Waals surface area contributed by atoms with Gasteiger partial charge in [0.05, 0.1) is 12.6 Å². The van der Waals surface area contributed by atoms with Gasteiger partial charge in [-0.3, -0.25) is 0 Å². The van der Waals surface area contributed by atoms with Gasteiger partial charge in [0.2, 0.25) is 0 Å². The molecular formula is C15H16N4O. The third-order valence-electron chi connectivity index (χ3n) is 3.23. The van der Waals surface area contributed by atoms with E-state index < -0.39 is 0 Å². The van der Waals surface area contributed by atoms with Crippen molar-refractivity contribution in [1.29, 1.82) is 0 Å². The highest BCUT2D eigenvalue weighted by Crippen LogP contribution is 2.20. The van der Waals surface area contributed by atoms with E-state index in [4.69, 9.17) is 0 Å². The van der Waals surface area contributed by atoms with Crippen LogP contribution in [0.15, 0.2) is 48.8 Å². The van der Waals surface area contributed by atoms with Crippen LogP contribution in [0.25, 0.3) is 5.65 Å². The fraction of sp³-hybridized carbons (Fsp3) is 0.200. The Morgan fingerprint density at radius 2 is 2.05 bits per heavy atom. The van der Waals surface area contributed by atoms with Gasteiger partial charge < -0.3 is 10.4 Å². The normalized spacial score (nSPS) is 12.5. The first-order valence-electron chi connectivity index (χ1n) is 6.50. The molecule has 0 amide bonds. The SMILES string of the molecule is Cc1cc(NC(CO)c2ccccc2)n2ncnc2c1. The van der Waals surface area contributed by atoms with Crippen LogP contribution in [0.4, 0.5) is 5.82 Å². The Bertz CT molecular complexity index is 708. The molecule has 0 bridgehead atoms. The third kappa shape index (κ3) is 2.35. The predicted octanol–water partition coefficient (Wildman–Crippen LogP) is 2.18. The van der Waals surface area contributed by atoms with Crippen molar-refractivity contribution in [3.63, 3.8) is 0 Å². The fourth-order valence-electron chi connectivity index (χ4n) is 2.26. The van der Waals surface area contributed by atoms with E-state index in [0.29, 0.717) is 0 Å². The molecular weight excluding hydrogens is 252 g/mol. The van der Waals surface area contributed by atoms with Crippen molar-refractivity contribution in [2.24, 2.45) is 0 Å². The highest BCUT2D eigenvalue weighted by molar-refractivity contribution is 5.52. The van der Waals surface area contributed by atoms with Crippen LogP contribution in [0, 0.1) is 6.92 Å². The number of anilines is 1. The van der Waals surface area contributed by atoms with E-state index in [1.165, 1.54) is 6.33 Å². The molecule has 0 aliphatic carbocycles. The van der Waals surface area contributed by atoms with E-state index in [2.05, 4.69) is 15.4 Å². The van der Waals surface area contributed by atoms with Crippen molar-refractivity contribution in [1.82, 2.24) is 14.6 Å². The zero-order chi connectivity index (χ0) is 13.9. The molecule has 3 rings (SSSR count). The maximum absolute atomic E-state index is 9.62. The van der Waals surface area contributed by atoms with E-state index in [1.807, 2.05) is 49.4 Å². The number of nitrogens with one attached hydrogen (secondary N) is 1. The summed E-state index contributed by atoms with van der Waals surface area (Å²) >= 11 is 0. The highest BCUT2D eigenvalue weighted by atomic mass is 16.3. The predicted molar refractivity (Wildman–Crippen MR) is 77.6 cm³/mol. The summed E-state index contributed by atoms with van der Waals surface area (Å²) in [7, 11) is 0. The summed E-state index contributed by atoms with van der Waals surface area (Å²) in [5.74, 6) is 0.820. The lowest BCUT2D eigenvalue weighted by Crippen LogP contribution is -2.17. The minimum absolute atomic E-state index is 0.00808. The number of hydrogen-bond donors (Lipinski definition) is 2. The number of rotatable bonds is 4. The van der Waals surface area contributed by atoms with Crippen molar-refractivity contribution in [2.45, 2.75) is 13.0 Å². The molecule has 0 aliphatic heterocycles. The van der Waals surface area contributed by atoms with Crippen LogP contribution in [-0.2, 0) is 0 Å². The second-order valence-electron chi connectivity index (χ2n) is 4.74. The van der Waals surface area contributed by atoms with E-state index in [9.17, 15) is 5.11 Å². The maximum Gasteiger partial charge on any atom is 0.157 e. The van der Waals surface area contributed by atoms with Gasteiger partial charge >= 0.3 is 0 Å². The molecule has 5 nitrogen and oxygen atoms in total. The molecule has 5 heteroatoms. The second-order valence-corrected chi connectivity index (χ2v) is 4.74. The van der Waals surface area contributed by atoms with Gasteiger partial charge in [-0.05, 0) is 30.2 Å². The van der Waals surface area contributed by atoms with Crippen LogP contribution in [-0.4, -0.2) is 26.3 Å². The van der Waals surface area contributed by atoms with Gasteiger partial charge in [0.15, 0.2) is 5.65 Å². The van der Waals surface area contributed by atoms with Crippen LogP contribution >= 0.6 is 0 Å². The summed E-state index contributed by atoms with van der Waals surface area (Å²) in [4.78, 5) is 4.20. The molecule has 0 fully saturated rings. The summed E-state index contributed by atoms with van der Waals surface area (Å²) in [5, 5.41) is 17.2. The largest absolute Gasteiger partial charge is 0.394 e. The molecule has 20 heavy (non-hydrogen) atoms. The quantitative estimate of drug-likeness (QED) is 0.761. The number of aryl methyl sites for hydroxylation is 1. The standard InChI is InChI=1S/C15H16N4O/c1-11-7-14-16-10-17-19(14)15(8-11)18-13(9-20)12-5-3-2-4-6-12/h2-8,10,13,18,20H,9H2,1H3. The molecule has 0 spiro atoms. The molecule has 2 heterocycles. The molecule has 1 atom stereocenters. The summed E-state index contributed by atoms with van der Waals surface area (Å²) in [6.45, 7) is 2.02. The van der Waals surface area contributed by atoms with Crippen molar-refractivity contribution in [2.75, 3.05) is 11.9 Å². The number of aromatic nitrogens is 3. The molecule has 0 saturated heterocycles. The zero-order valence-corrected chi connectivity index (χ0v) is 11.2. The van der Waals surface area contributed by atoms with Gasteiger partial charge in [-0.15, -0.1) is 0 Å². The smallest absolute Gasteiger partial charge is 0.157 e.